The lowest BCUT2D eigenvalue weighted by Gasteiger charge is -2.07. The number of benzene rings is 1. The predicted molar refractivity (Wildman–Crippen MR) is 51.2 cm³/mol. The maximum atomic E-state index is 13.2. The summed E-state index contributed by atoms with van der Waals surface area (Å²) in [5, 5.41) is 10.2. The minimum Gasteiger partial charge on any atom is -0.474 e. The van der Waals surface area contributed by atoms with Crippen molar-refractivity contribution < 1.29 is 23.9 Å². The molecule has 0 heterocycles. The molecule has 0 saturated carbocycles. The highest BCUT2D eigenvalue weighted by molar-refractivity contribution is 6.36. The summed E-state index contributed by atoms with van der Waals surface area (Å²) in [6.07, 6.45) is 0. The van der Waals surface area contributed by atoms with E-state index in [0.717, 1.165) is 6.07 Å². The van der Waals surface area contributed by atoms with Gasteiger partial charge in [0.1, 0.15) is 5.82 Å². The van der Waals surface area contributed by atoms with Crippen molar-refractivity contribution in [2.75, 3.05) is 5.32 Å². The Morgan fingerprint density at radius 1 is 1.31 bits per heavy atom. The molecule has 1 aromatic rings. The third-order valence-electron chi connectivity index (χ3n) is 1.70. The summed E-state index contributed by atoms with van der Waals surface area (Å²) in [6.45, 7) is 0. The van der Waals surface area contributed by atoms with Crippen LogP contribution in [0, 0.1) is 5.82 Å². The lowest BCUT2D eigenvalue weighted by molar-refractivity contribution is -0.147. The molecule has 2 amide bonds. The molecule has 0 saturated heterocycles. The fourth-order valence-corrected chi connectivity index (χ4v) is 1.05. The van der Waals surface area contributed by atoms with Crippen molar-refractivity contribution in [1.29, 1.82) is 0 Å². The van der Waals surface area contributed by atoms with E-state index in [2.05, 4.69) is 0 Å². The van der Waals surface area contributed by atoms with E-state index in [1.165, 1.54) is 12.1 Å². The molecule has 6 nitrogen and oxygen atoms in total. The number of hydrogen-bond acceptors (Lipinski definition) is 3. The van der Waals surface area contributed by atoms with Crippen LogP contribution in [0.5, 0.6) is 0 Å². The molecule has 0 fully saturated rings. The lowest BCUT2D eigenvalue weighted by atomic mass is 10.1. The van der Waals surface area contributed by atoms with Gasteiger partial charge < -0.3 is 16.2 Å². The molecular formula is C9H7FN2O4. The van der Waals surface area contributed by atoms with Crippen LogP contribution in [0.25, 0.3) is 0 Å². The molecule has 1 aromatic carbocycles. The van der Waals surface area contributed by atoms with E-state index in [1.54, 1.807) is 0 Å². The average Bonchev–Trinajstić information content (AvgIpc) is 2.16. The maximum Gasteiger partial charge on any atom is 0.394 e. The zero-order valence-electron chi connectivity index (χ0n) is 7.86. The van der Waals surface area contributed by atoms with Crippen LogP contribution in [0.3, 0.4) is 0 Å². The van der Waals surface area contributed by atoms with Crippen LogP contribution in [0.4, 0.5) is 10.1 Å². The number of carboxylic acids is 1. The van der Waals surface area contributed by atoms with Gasteiger partial charge in [-0.3, -0.25) is 9.59 Å². The Morgan fingerprint density at radius 3 is 2.44 bits per heavy atom. The molecule has 7 heteroatoms. The molecule has 4 N–H and O–H groups in total. The zero-order valence-corrected chi connectivity index (χ0v) is 7.86. The summed E-state index contributed by atoms with van der Waals surface area (Å²) in [4.78, 5) is 31.9. The first-order valence-electron chi connectivity index (χ1n) is 4.06. The van der Waals surface area contributed by atoms with Crippen LogP contribution in [0.15, 0.2) is 18.2 Å². The first-order valence-corrected chi connectivity index (χ1v) is 4.06. The normalized spacial score (nSPS) is 9.56. The Hall–Kier alpha value is -2.44. The van der Waals surface area contributed by atoms with Gasteiger partial charge in [0.15, 0.2) is 0 Å². The topological polar surface area (TPSA) is 109 Å². The molecule has 1 rings (SSSR count). The van der Waals surface area contributed by atoms with Crippen LogP contribution in [-0.2, 0) is 9.59 Å². The molecule has 0 aliphatic rings. The van der Waals surface area contributed by atoms with Crippen molar-refractivity contribution in [3.05, 3.63) is 29.6 Å². The highest BCUT2D eigenvalue weighted by Crippen LogP contribution is 2.18. The van der Waals surface area contributed by atoms with Crippen LogP contribution >= 0.6 is 0 Å². The Morgan fingerprint density at radius 2 is 1.94 bits per heavy atom. The molecular weight excluding hydrogens is 219 g/mol. The van der Waals surface area contributed by atoms with Gasteiger partial charge in [-0.2, -0.15) is 0 Å². The van der Waals surface area contributed by atoms with E-state index < -0.39 is 29.2 Å². The number of hydrogen-bond donors (Lipinski definition) is 3. The van der Waals surface area contributed by atoms with Crippen LogP contribution < -0.4 is 11.1 Å². The number of primary amides is 1. The second-order valence-electron chi connectivity index (χ2n) is 2.79. The number of carbonyl (C=O) groups is 3. The molecule has 0 aromatic heterocycles. The Kier molecular flexibility index (Phi) is 3.19. The fraction of sp³-hybridized carbons (Fsp3) is 0. The molecule has 0 radical (unpaired) electrons. The number of carbonyl (C=O) groups excluding carboxylic acids is 2. The molecule has 0 spiro atoms. The van der Waals surface area contributed by atoms with Gasteiger partial charge in [0.05, 0.1) is 11.3 Å². The van der Waals surface area contributed by atoms with Crippen molar-refractivity contribution in [3.63, 3.8) is 0 Å². The van der Waals surface area contributed by atoms with E-state index >= 15 is 0 Å². The van der Waals surface area contributed by atoms with E-state index in [4.69, 9.17) is 10.8 Å². The Bertz CT molecular complexity index is 473. The molecule has 0 bridgehead atoms. The third kappa shape index (κ3) is 2.32. The van der Waals surface area contributed by atoms with Crippen molar-refractivity contribution in [1.82, 2.24) is 0 Å². The van der Waals surface area contributed by atoms with Gasteiger partial charge in [0.25, 0.3) is 5.91 Å². The van der Waals surface area contributed by atoms with Gasteiger partial charge in [0.2, 0.25) is 0 Å². The molecule has 0 unspecified atom stereocenters. The van der Waals surface area contributed by atoms with E-state index in [0.29, 0.717) is 0 Å². The minimum atomic E-state index is -1.75. The van der Waals surface area contributed by atoms with Crippen molar-refractivity contribution in [2.45, 2.75) is 0 Å². The van der Waals surface area contributed by atoms with Gasteiger partial charge in [-0.1, -0.05) is 6.07 Å². The highest BCUT2D eigenvalue weighted by Gasteiger charge is 2.18. The first-order chi connectivity index (χ1) is 7.43. The highest BCUT2D eigenvalue weighted by atomic mass is 19.1. The number of carboxylic acid groups (broad SMARTS) is 1. The summed E-state index contributed by atoms with van der Waals surface area (Å²) in [5.74, 6) is -5.16. The monoisotopic (exact) mass is 226 g/mol. The van der Waals surface area contributed by atoms with Crippen molar-refractivity contribution >= 4 is 23.5 Å². The number of nitrogens with two attached hydrogens (primary N) is 1. The summed E-state index contributed by atoms with van der Waals surface area (Å²) in [7, 11) is 0. The SMILES string of the molecule is NC(=O)c1c(F)cccc1NC(=O)C(=O)O. The molecule has 0 aliphatic heterocycles. The Labute approximate surface area is 88.9 Å². The number of nitrogens with one attached hydrogen (secondary N) is 1. The fourth-order valence-electron chi connectivity index (χ4n) is 1.05. The molecule has 0 aliphatic carbocycles. The lowest BCUT2D eigenvalue weighted by Crippen LogP contribution is -2.24. The number of rotatable bonds is 2. The van der Waals surface area contributed by atoms with E-state index in [-0.39, 0.29) is 5.69 Å². The second-order valence-corrected chi connectivity index (χ2v) is 2.79. The predicted octanol–water partition coefficient (Wildman–Crippen LogP) is -0.0523. The summed E-state index contributed by atoms with van der Waals surface area (Å²) >= 11 is 0. The molecule has 84 valence electrons. The number of halogens is 1. The van der Waals surface area contributed by atoms with Gasteiger partial charge in [-0.25, -0.2) is 9.18 Å². The Balaban J connectivity index is 3.14. The van der Waals surface area contributed by atoms with Crippen molar-refractivity contribution in [3.8, 4) is 0 Å². The van der Waals surface area contributed by atoms with Crippen LogP contribution in [0.2, 0.25) is 0 Å². The number of anilines is 1. The quantitative estimate of drug-likeness (QED) is 0.614. The largest absolute Gasteiger partial charge is 0.474 e. The molecule has 16 heavy (non-hydrogen) atoms. The van der Waals surface area contributed by atoms with Crippen molar-refractivity contribution in [2.24, 2.45) is 5.73 Å². The molecule has 0 atom stereocenters. The van der Waals surface area contributed by atoms with E-state index in [9.17, 15) is 18.8 Å². The standard InChI is InChI=1S/C9H7FN2O4/c10-4-2-1-3-5(6(4)7(11)13)12-8(14)9(15)16/h1-3H,(H2,11,13)(H,12,14)(H,15,16). The number of aliphatic carboxylic acids is 1. The van der Waals surface area contributed by atoms with Crippen LogP contribution in [-0.4, -0.2) is 22.9 Å². The van der Waals surface area contributed by atoms with Gasteiger partial charge in [-0.05, 0) is 12.1 Å². The first kappa shape index (κ1) is 11.6. The third-order valence-corrected chi connectivity index (χ3v) is 1.70. The second kappa shape index (κ2) is 4.39. The minimum absolute atomic E-state index is 0.278. The summed E-state index contributed by atoms with van der Waals surface area (Å²) in [6, 6.07) is 3.35. The van der Waals surface area contributed by atoms with Gasteiger partial charge >= 0.3 is 11.9 Å². The smallest absolute Gasteiger partial charge is 0.394 e. The van der Waals surface area contributed by atoms with Crippen LogP contribution in [0.1, 0.15) is 10.4 Å². The summed E-state index contributed by atoms with van der Waals surface area (Å²) in [5.41, 5.74) is 4.05. The maximum absolute atomic E-state index is 13.2. The zero-order chi connectivity index (χ0) is 12.3. The summed E-state index contributed by atoms with van der Waals surface area (Å²) < 4.78 is 13.2. The van der Waals surface area contributed by atoms with E-state index in [1.807, 2.05) is 5.32 Å². The van der Waals surface area contributed by atoms with Gasteiger partial charge in [-0.15, -0.1) is 0 Å². The van der Waals surface area contributed by atoms with Gasteiger partial charge in [0, 0.05) is 0 Å². The average molecular weight is 226 g/mol. The number of amides is 2.